The molecule has 0 aliphatic carbocycles. The predicted molar refractivity (Wildman–Crippen MR) is 112 cm³/mol. The second-order valence-electron chi connectivity index (χ2n) is 7.73. The van der Waals surface area contributed by atoms with Gasteiger partial charge < -0.3 is 14.7 Å². The first kappa shape index (κ1) is 21.4. The van der Waals surface area contributed by atoms with Crippen molar-refractivity contribution in [1.29, 1.82) is 0 Å². The van der Waals surface area contributed by atoms with Crippen LogP contribution in [0.3, 0.4) is 0 Å². The lowest BCUT2D eigenvalue weighted by Crippen LogP contribution is -2.41. The number of rotatable bonds is 7. The number of amides is 2. The lowest BCUT2D eigenvalue weighted by atomic mass is 9.92. The van der Waals surface area contributed by atoms with Crippen molar-refractivity contribution < 1.29 is 14.1 Å². The lowest BCUT2D eigenvalue weighted by molar-refractivity contribution is -0.132. The lowest BCUT2D eigenvalue weighted by Gasteiger charge is -2.33. The van der Waals surface area contributed by atoms with E-state index in [9.17, 15) is 9.59 Å². The Morgan fingerprint density at radius 1 is 1.31 bits per heavy atom. The summed E-state index contributed by atoms with van der Waals surface area (Å²) in [5, 5.41) is 7.52. The fraction of sp³-hybridized carbons (Fsp3) is 0.500. The fourth-order valence-electron chi connectivity index (χ4n) is 3.80. The van der Waals surface area contributed by atoms with Gasteiger partial charge in [0, 0.05) is 36.6 Å². The summed E-state index contributed by atoms with van der Waals surface area (Å²) in [5.41, 5.74) is 2.58. The van der Waals surface area contributed by atoms with E-state index in [2.05, 4.69) is 10.5 Å². The highest BCUT2D eigenvalue weighted by Gasteiger charge is 2.25. The minimum absolute atomic E-state index is 0.0177. The zero-order chi connectivity index (χ0) is 20.8. The number of hydrogen-bond acceptors (Lipinski definition) is 4. The summed E-state index contributed by atoms with van der Waals surface area (Å²) in [7, 11) is 0. The van der Waals surface area contributed by atoms with Crippen molar-refractivity contribution >= 4 is 23.4 Å². The van der Waals surface area contributed by atoms with Gasteiger partial charge in [0.15, 0.2) is 0 Å². The van der Waals surface area contributed by atoms with E-state index in [0.717, 1.165) is 42.6 Å². The molecule has 1 saturated heterocycles. The largest absolute Gasteiger partial charge is 0.361 e. The molecule has 1 aliphatic heterocycles. The molecule has 2 heterocycles. The molecule has 0 saturated carbocycles. The van der Waals surface area contributed by atoms with Crippen molar-refractivity contribution in [3.05, 3.63) is 51.9 Å². The number of likely N-dealkylation sites (tertiary alicyclic amines) is 1. The second-order valence-corrected chi connectivity index (χ2v) is 8.14. The molecule has 0 radical (unpaired) electrons. The molecule has 1 N–H and O–H groups in total. The molecule has 156 valence electrons. The average molecular weight is 418 g/mol. The van der Waals surface area contributed by atoms with Crippen LogP contribution in [0.25, 0.3) is 0 Å². The Hall–Kier alpha value is -2.34. The van der Waals surface area contributed by atoms with Gasteiger partial charge in [-0.15, -0.1) is 0 Å². The Kier molecular flexibility index (Phi) is 7.31. The second kappa shape index (κ2) is 9.92. The topological polar surface area (TPSA) is 75.4 Å². The van der Waals surface area contributed by atoms with E-state index in [4.69, 9.17) is 16.1 Å². The van der Waals surface area contributed by atoms with Crippen LogP contribution in [0, 0.1) is 19.8 Å². The molecule has 1 fully saturated rings. The molecule has 1 unspecified atom stereocenters. The molecule has 7 heteroatoms. The van der Waals surface area contributed by atoms with Gasteiger partial charge in [0.2, 0.25) is 11.8 Å². The van der Waals surface area contributed by atoms with Crippen LogP contribution in [0.4, 0.5) is 0 Å². The minimum Gasteiger partial charge on any atom is -0.361 e. The third kappa shape index (κ3) is 5.82. The molecule has 2 aromatic rings. The molecule has 3 rings (SSSR count). The van der Waals surface area contributed by atoms with Crippen LogP contribution in [0.1, 0.15) is 48.3 Å². The van der Waals surface area contributed by atoms with E-state index >= 15 is 0 Å². The number of benzene rings is 1. The van der Waals surface area contributed by atoms with Gasteiger partial charge in [-0.25, -0.2) is 0 Å². The van der Waals surface area contributed by atoms with E-state index in [-0.39, 0.29) is 11.8 Å². The van der Waals surface area contributed by atoms with Crippen LogP contribution in [0.2, 0.25) is 5.02 Å². The highest BCUT2D eigenvalue weighted by molar-refractivity contribution is 6.31. The standard InChI is InChI=1S/C22H28ClN3O3/c1-15-19(16(2)29-25-15)12-22(28)26-11-5-6-17(14-26)9-10-21(27)24-13-18-7-3-4-8-20(18)23/h3-4,7-8,17H,5-6,9-14H2,1-2H3,(H,24,27). The molecule has 1 aromatic heterocycles. The molecule has 1 aromatic carbocycles. The third-order valence-corrected chi connectivity index (χ3v) is 5.96. The molecule has 1 atom stereocenters. The summed E-state index contributed by atoms with van der Waals surface area (Å²) in [6, 6.07) is 7.50. The maximum absolute atomic E-state index is 12.7. The predicted octanol–water partition coefficient (Wildman–Crippen LogP) is 3.82. The van der Waals surface area contributed by atoms with E-state index in [1.54, 1.807) is 0 Å². The van der Waals surface area contributed by atoms with Gasteiger partial charge in [0.25, 0.3) is 0 Å². The Morgan fingerprint density at radius 2 is 2.10 bits per heavy atom. The summed E-state index contributed by atoms with van der Waals surface area (Å²) in [6.07, 6.45) is 3.59. The Bertz CT molecular complexity index is 845. The summed E-state index contributed by atoms with van der Waals surface area (Å²) >= 11 is 6.12. The highest BCUT2D eigenvalue weighted by atomic mass is 35.5. The number of aryl methyl sites for hydroxylation is 2. The molecule has 1 aliphatic rings. The van der Waals surface area contributed by atoms with Gasteiger partial charge in [-0.05, 0) is 50.7 Å². The van der Waals surface area contributed by atoms with Gasteiger partial charge in [0.05, 0.1) is 12.1 Å². The maximum Gasteiger partial charge on any atom is 0.227 e. The van der Waals surface area contributed by atoms with Crippen molar-refractivity contribution in [2.24, 2.45) is 5.92 Å². The normalized spacial score (nSPS) is 16.7. The summed E-state index contributed by atoms with van der Waals surface area (Å²) in [5.74, 6) is 1.18. The van der Waals surface area contributed by atoms with Crippen LogP contribution in [-0.2, 0) is 22.6 Å². The molecular weight excluding hydrogens is 390 g/mol. The molecule has 2 amide bonds. The number of carbonyl (C=O) groups is 2. The van der Waals surface area contributed by atoms with Crippen LogP contribution in [0.5, 0.6) is 0 Å². The first-order chi connectivity index (χ1) is 13.9. The molecule has 0 spiro atoms. The van der Waals surface area contributed by atoms with Gasteiger partial charge in [-0.2, -0.15) is 0 Å². The Morgan fingerprint density at radius 3 is 2.83 bits per heavy atom. The number of aromatic nitrogens is 1. The first-order valence-electron chi connectivity index (χ1n) is 10.1. The van der Waals surface area contributed by atoms with Crippen LogP contribution >= 0.6 is 11.6 Å². The SMILES string of the molecule is Cc1noc(C)c1CC(=O)N1CCCC(CCC(=O)NCc2ccccc2Cl)C1. The van der Waals surface area contributed by atoms with Crippen LogP contribution in [0.15, 0.2) is 28.8 Å². The van der Waals surface area contributed by atoms with Crippen LogP contribution in [-0.4, -0.2) is 35.0 Å². The first-order valence-corrected chi connectivity index (χ1v) is 10.5. The number of carbonyl (C=O) groups excluding carboxylic acids is 2. The van der Waals surface area contributed by atoms with Gasteiger partial charge in [0.1, 0.15) is 5.76 Å². The number of piperidine rings is 1. The van der Waals surface area contributed by atoms with E-state index in [1.165, 1.54) is 0 Å². The number of nitrogens with one attached hydrogen (secondary N) is 1. The summed E-state index contributed by atoms with van der Waals surface area (Å²) in [6.45, 7) is 5.62. The third-order valence-electron chi connectivity index (χ3n) is 5.59. The number of halogens is 1. The Balaban J connectivity index is 1.44. The van der Waals surface area contributed by atoms with Gasteiger partial charge in [-0.1, -0.05) is 35.0 Å². The summed E-state index contributed by atoms with van der Waals surface area (Å²) in [4.78, 5) is 26.8. The van der Waals surface area contributed by atoms with E-state index in [0.29, 0.717) is 42.6 Å². The van der Waals surface area contributed by atoms with Crippen molar-refractivity contribution in [1.82, 2.24) is 15.4 Å². The average Bonchev–Trinajstić information content (AvgIpc) is 3.04. The minimum atomic E-state index is 0.0177. The molecule has 6 nitrogen and oxygen atoms in total. The van der Waals surface area contributed by atoms with Crippen molar-refractivity contribution in [3.8, 4) is 0 Å². The molecular formula is C22H28ClN3O3. The smallest absolute Gasteiger partial charge is 0.227 e. The molecule has 29 heavy (non-hydrogen) atoms. The monoisotopic (exact) mass is 417 g/mol. The zero-order valence-electron chi connectivity index (χ0n) is 17.0. The maximum atomic E-state index is 12.7. The van der Waals surface area contributed by atoms with Crippen molar-refractivity contribution in [3.63, 3.8) is 0 Å². The van der Waals surface area contributed by atoms with Gasteiger partial charge >= 0.3 is 0 Å². The van der Waals surface area contributed by atoms with E-state index < -0.39 is 0 Å². The fourth-order valence-corrected chi connectivity index (χ4v) is 4.01. The highest BCUT2D eigenvalue weighted by Crippen LogP contribution is 2.23. The van der Waals surface area contributed by atoms with Crippen molar-refractivity contribution in [2.75, 3.05) is 13.1 Å². The van der Waals surface area contributed by atoms with Crippen molar-refractivity contribution in [2.45, 2.75) is 52.5 Å². The quantitative estimate of drug-likeness (QED) is 0.742. The molecule has 0 bridgehead atoms. The zero-order valence-corrected chi connectivity index (χ0v) is 17.8. The Labute approximate surface area is 176 Å². The number of nitrogens with zero attached hydrogens (tertiary/aromatic N) is 2. The van der Waals surface area contributed by atoms with E-state index in [1.807, 2.05) is 43.0 Å². The number of hydrogen-bond donors (Lipinski definition) is 1. The van der Waals surface area contributed by atoms with Gasteiger partial charge in [-0.3, -0.25) is 9.59 Å². The van der Waals surface area contributed by atoms with Crippen LogP contribution < -0.4 is 5.32 Å². The summed E-state index contributed by atoms with van der Waals surface area (Å²) < 4.78 is 5.16.